The zero-order valence-corrected chi connectivity index (χ0v) is 11.4. The quantitative estimate of drug-likeness (QED) is 0.346. The first kappa shape index (κ1) is 15.0. The fourth-order valence-electron chi connectivity index (χ4n) is 1.80. The van der Waals surface area contributed by atoms with Crippen LogP contribution in [0.3, 0.4) is 0 Å². The molecule has 0 aromatic heterocycles. The van der Waals surface area contributed by atoms with E-state index in [1.54, 1.807) is 0 Å². The van der Waals surface area contributed by atoms with Crippen molar-refractivity contribution in [1.29, 1.82) is 0 Å². The molecule has 0 aliphatic carbocycles. The molecule has 1 amide bonds. The van der Waals surface area contributed by atoms with Crippen molar-refractivity contribution in [3.05, 3.63) is 70.3 Å². The minimum absolute atomic E-state index is 0.0555. The molecule has 2 aromatic carbocycles. The van der Waals surface area contributed by atoms with Crippen molar-refractivity contribution in [1.82, 2.24) is 5.32 Å². The van der Waals surface area contributed by atoms with Crippen molar-refractivity contribution < 1.29 is 14.8 Å². The van der Waals surface area contributed by atoms with E-state index < -0.39 is 10.8 Å². The molecule has 0 spiro atoms. The highest BCUT2D eigenvalue weighted by atomic mass is 16.6. The van der Waals surface area contributed by atoms with Gasteiger partial charge in [0.05, 0.1) is 10.5 Å². The predicted octanol–water partition coefficient (Wildman–Crippen LogP) is 2.28. The maximum Gasteiger partial charge on any atom is 0.269 e. The van der Waals surface area contributed by atoms with Gasteiger partial charge < -0.3 is 16.2 Å². The highest BCUT2D eigenvalue weighted by Crippen LogP contribution is 2.20. The highest BCUT2D eigenvalue weighted by molar-refractivity contribution is 6.03. The van der Waals surface area contributed by atoms with Crippen molar-refractivity contribution in [2.24, 2.45) is 0 Å². The first-order valence-electron chi connectivity index (χ1n) is 6.22. The minimum Gasteiger partial charge on any atom is -0.508 e. The number of amides is 1. The number of nitrogens with two attached hydrogens (primary N) is 1. The standard InChI is InChI=1S/C15H13N3O4/c1-9(10-2-4-11(5-3-10)18(21)22)17-15(20)13-8-12(19)6-7-14(13)16/h2-8,19H,1,16H2,(H,17,20). The van der Waals surface area contributed by atoms with Crippen LogP contribution in [-0.2, 0) is 0 Å². The van der Waals surface area contributed by atoms with E-state index in [0.717, 1.165) is 0 Å². The SMILES string of the molecule is C=C(NC(=O)c1cc(O)ccc1N)c1ccc([N+](=O)[O-])cc1. The van der Waals surface area contributed by atoms with E-state index in [4.69, 9.17) is 5.73 Å². The molecule has 7 heteroatoms. The van der Waals surface area contributed by atoms with Gasteiger partial charge in [0.2, 0.25) is 0 Å². The van der Waals surface area contributed by atoms with Crippen LogP contribution in [0, 0.1) is 10.1 Å². The topological polar surface area (TPSA) is 118 Å². The summed E-state index contributed by atoms with van der Waals surface area (Å²) < 4.78 is 0. The van der Waals surface area contributed by atoms with E-state index in [2.05, 4.69) is 11.9 Å². The molecule has 0 saturated heterocycles. The zero-order chi connectivity index (χ0) is 16.3. The molecule has 0 saturated carbocycles. The second-order valence-electron chi connectivity index (χ2n) is 4.51. The van der Waals surface area contributed by atoms with Gasteiger partial charge >= 0.3 is 0 Å². The number of hydrogen-bond acceptors (Lipinski definition) is 5. The van der Waals surface area contributed by atoms with E-state index >= 15 is 0 Å². The van der Waals surface area contributed by atoms with Crippen LogP contribution in [0.25, 0.3) is 5.70 Å². The number of carbonyl (C=O) groups excluding carboxylic acids is 1. The molecule has 7 nitrogen and oxygen atoms in total. The van der Waals surface area contributed by atoms with Crippen LogP contribution in [-0.4, -0.2) is 15.9 Å². The van der Waals surface area contributed by atoms with Crippen LogP contribution in [0.4, 0.5) is 11.4 Å². The maximum atomic E-state index is 12.1. The molecular formula is C15H13N3O4. The average molecular weight is 299 g/mol. The second-order valence-corrected chi connectivity index (χ2v) is 4.51. The van der Waals surface area contributed by atoms with Gasteiger partial charge in [-0.2, -0.15) is 0 Å². The normalized spacial score (nSPS) is 10.0. The number of non-ortho nitro benzene ring substituents is 1. The molecule has 0 atom stereocenters. The first-order valence-corrected chi connectivity index (χ1v) is 6.22. The third-order valence-corrected chi connectivity index (χ3v) is 2.97. The van der Waals surface area contributed by atoms with Crippen LogP contribution >= 0.6 is 0 Å². The molecule has 112 valence electrons. The monoisotopic (exact) mass is 299 g/mol. The number of anilines is 1. The zero-order valence-electron chi connectivity index (χ0n) is 11.4. The van der Waals surface area contributed by atoms with Gasteiger partial charge in [-0.15, -0.1) is 0 Å². The molecule has 4 N–H and O–H groups in total. The van der Waals surface area contributed by atoms with E-state index in [-0.39, 0.29) is 28.4 Å². The second kappa shape index (κ2) is 5.96. The third-order valence-electron chi connectivity index (χ3n) is 2.97. The lowest BCUT2D eigenvalue weighted by atomic mass is 10.1. The summed E-state index contributed by atoms with van der Waals surface area (Å²) in [6.07, 6.45) is 0. The number of phenols is 1. The predicted molar refractivity (Wildman–Crippen MR) is 82.1 cm³/mol. The Kier molecular flexibility index (Phi) is 4.08. The maximum absolute atomic E-state index is 12.1. The molecule has 0 heterocycles. The number of nitrogens with one attached hydrogen (secondary N) is 1. The van der Waals surface area contributed by atoms with Crippen LogP contribution in [0.15, 0.2) is 49.0 Å². The number of nitro groups is 1. The van der Waals surface area contributed by atoms with Gasteiger partial charge in [0.15, 0.2) is 0 Å². The summed E-state index contributed by atoms with van der Waals surface area (Å²) >= 11 is 0. The van der Waals surface area contributed by atoms with Gasteiger partial charge in [0.1, 0.15) is 5.75 Å². The number of nitrogen functional groups attached to an aromatic ring is 1. The lowest BCUT2D eigenvalue weighted by molar-refractivity contribution is -0.384. The Balaban J connectivity index is 2.16. The van der Waals surface area contributed by atoms with Crippen LogP contribution < -0.4 is 11.1 Å². The Morgan fingerprint density at radius 2 is 1.86 bits per heavy atom. The number of nitro benzene ring substituents is 1. The molecule has 0 bridgehead atoms. The van der Waals surface area contributed by atoms with Crippen molar-refractivity contribution in [3.63, 3.8) is 0 Å². The number of aromatic hydroxyl groups is 1. The minimum atomic E-state index is -0.531. The van der Waals surface area contributed by atoms with Gasteiger partial charge in [-0.1, -0.05) is 6.58 Å². The molecule has 0 fully saturated rings. The van der Waals surface area contributed by atoms with Gasteiger partial charge in [0, 0.05) is 23.5 Å². The van der Waals surface area contributed by atoms with Crippen molar-refractivity contribution in [2.75, 3.05) is 5.73 Å². The number of hydrogen-bond donors (Lipinski definition) is 3. The van der Waals surface area contributed by atoms with E-state index in [0.29, 0.717) is 5.56 Å². The molecule has 2 aromatic rings. The summed E-state index contributed by atoms with van der Waals surface area (Å²) in [5, 5.41) is 22.5. The summed E-state index contributed by atoms with van der Waals surface area (Å²) in [5.41, 5.74) is 6.75. The molecule has 2 rings (SSSR count). The van der Waals surface area contributed by atoms with Crippen LogP contribution in [0.1, 0.15) is 15.9 Å². The summed E-state index contributed by atoms with van der Waals surface area (Å²) in [4.78, 5) is 22.2. The summed E-state index contributed by atoms with van der Waals surface area (Å²) in [7, 11) is 0. The summed E-state index contributed by atoms with van der Waals surface area (Å²) in [6, 6.07) is 9.62. The first-order chi connectivity index (χ1) is 10.4. The number of benzene rings is 2. The lowest BCUT2D eigenvalue weighted by Crippen LogP contribution is -2.22. The van der Waals surface area contributed by atoms with E-state index in [1.807, 2.05) is 0 Å². The van der Waals surface area contributed by atoms with Crippen LogP contribution in [0.5, 0.6) is 5.75 Å². The Morgan fingerprint density at radius 1 is 1.23 bits per heavy atom. The summed E-state index contributed by atoms with van der Waals surface area (Å²) in [6.45, 7) is 3.71. The molecular weight excluding hydrogens is 286 g/mol. The average Bonchev–Trinajstić information content (AvgIpc) is 2.49. The summed E-state index contributed by atoms with van der Waals surface area (Å²) in [5.74, 6) is -0.614. The smallest absolute Gasteiger partial charge is 0.269 e. The number of carbonyl (C=O) groups is 1. The molecule has 0 aliphatic heterocycles. The van der Waals surface area contributed by atoms with Gasteiger partial charge in [0.25, 0.3) is 11.6 Å². The number of phenolic OH excluding ortho intramolecular Hbond substituents is 1. The Morgan fingerprint density at radius 3 is 2.45 bits per heavy atom. The Bertz CT molecular complexity index is 754. The van der Waals surface area contributed by atoms with E-state index in [9.17, 15) is 20.0 Å². The highest BCUT2D eigenvalue weighted by Gasteiger charge is 2.13. The largest absolute Gasteiger partial charge is 0.508 e. The van der Waals surface area contributed by atoms with Gasteiger partial charge in [-0.05, 0) is 35.9 Å². The molecule has 0 radical (unpaired) electrons. The van der Waals surface area contributed by atoms with Gasteiger partial charge in [-0.3, -0.25) is 14.9 Å². The third kappa shape index (κ3) is 3.21. The lowest BCUT2D eigenvalue weighted by Gasteiger charge is -2.10. The molecule has 0 aliphatic rings. The molecule has 0 unspecified atom stereocenters. The fourth-order valence-corrected chi connectivity index (χ4v) is 1.80. The van der Waals surface area contributed by atoms with Gasteiger partial charge in [-0.25, -0.2) is 0 Å². The van der Waals surface area contributed by atoms with E-state index in [1.165, 1.54) is 42.5 Å². The van der Waals surface area contributed by atoms with Crippen LogP contribution in [0.2, 0.25) is 0 Å². The van der Waals surface area contributed by atoms with Crippen molar-refractivity contribution in [3.8, 4) is 5.75 Å². The fraction of sp³-hybridized carbons (Fsp3) is 0. The van der Waals surface area contributed by atoms with Crippen molar-refractivity contribution in [2.45, 2.75) is 0 Å². The number of nitrogens with zero attached hydrogens (tertiary/aromatic N) is 1. The molecule has 22 heavy (non-hydrogen) atoms. The Labute approximate surface area is 125 Å². The Hall–Kier alpha value is -3.35. The van der Waals surface area contributed by atoms with Crippen molar-refractivity contribution >= 4 is 23.0 Å². The number of rotatable bonds is 4.